The van der Waals surface area contributed by atoms with Crippen molar-refractivity contribution in [1.82, 2.24) is 0 Å². The minimum absolute atomic E-state index is 0.114. The molecule has 6 rings (SSSR count). The summed E-state index contributed by atoms with van der Waals surface area (Å²) >= 11 is 0. The fourth-order valence-electron chi connectivity index (χ4n) is 4.40. The van der Waals surface area contributed by atoms with Gasteiger partial charge >= 0.3 is 0 Å². The van der Waals surface area contributed by atoms with Crippen LogP contribution < -0.4 is 0 Å². The number of benzene rings is 4. The molecule has 0 spiro atoms. The van der Waals surface area contributed by atoms with Gasteiger partial charge in [0.25, 0.3) is 0 Å². The SMILES string of the molecule is O=C(c1cccc2c1-c1ccccc1-2)c1cccc2c1-c1ccccc1-2. The lowest BCUT2D eigenvalue weighted by Crippen LogP contribution is -2.12. The van der Waals surface area contributed by atoms with Gasteiger partial charge in [-0.1, -0.05) is 84.9 Å². The molecule has 0 bridgehead atoms. The summed E-state index contributed by atoms with van der Waals surface area (Å²) in [7, 11) is 0. The van der Waals surface area contributed by atoms with E-state index in [0.717, 1.165) is 22.3 Å². The van der Waals surface area contributed by atoms with Gasteiger partial charge in [0.1, 0.15) is 0 Å². The Bertz CT molecular complexity index is 1150. The lowest BCUT2D eigenvalue weighted by atomic mass is 9.73. The Morgan fingerprint density at radius 1 is 0.423 bits per heavy atom. The standard InChI is InChI=1S/C25H14O/c26-25(21-13-5-11-19-15-7-1-3-9-17(15)23(19)21)22-14-6-12-20-16-8-2-4-10-18(16)24(20)22/h1-14H. The zero-order valence-electron chi connectivity index (χ0n) is 14.0. The second-order valence-corrected chi connectivity index (χ2v) is 6.88. The Morgan fingerprint density at radius 3 is 1.27 bits per heavy atom. The highest BCUT2D eigenvalue weighted by Crippen LogP contribution is 2.51. The molecule has 2 aliphatic rings. The summed E-state index contributed by atoms with van der Waals surface area (Å²) in [6, 6.07) is 28.7. The van der Waals surface area contributed by atoms with Gasteiger partial charge in [0.15, 0.2) is 5.78 Å². The molecule has 0 unspecified atom stereocenters. The summed E-state index contributed by atoms with van der Waals surface area (Å²) < 4.78 is 0. The highest BCUT2D eigenvalue weighted by molar-refractivity contribution is 6.23. The van der Waals surface area contributed by atoms with Crippen LogP contribution in [0, 0.1) is 0 Å². The molecule has 0 saturated carbocycles. The number of carbonyl (C=O) groups is 1. The molecule has 0 radical (unpaired) electrons. The smallest absolute Gasteiger partial charge is 0.194 e. The number of carbonyl (C=O) groups excluding carboxylic acids is 1. The van der Waals surface area contributed by atoms with E-state index in [2.05, 4.69) is 36.4 Å². The van der Waals surface area contributed by atoms with Crippen molar-refractivity contribution in [1.29, 1.82) is 0 Å². The van der Waals surface area contributed by atoms with Gasteiger partial charge in [-0.25, -0.2) is 0 Å². The second kappa shape index (κ2) is 4.80. The molecule has 120 valence electrons. The van der Waals surface area contributed by atoms with Crippen LogP contribution in [0.25, 0.3) is 44.5 Å². The first kappa shape index (κ1) is 13.8. The normalized spacial score (nSPS) is 12.0. The molecule has 0 saturated heterocycles. The van der Waals surface area contributed by atoms with E-state index in [1.807, 2.05) is 48.5 Å². The average molecular weight is 330 g/mol. The Balaban J connectivity index is 1.52. The van der Waals surface area contributed by atoms with Gasteiger partial charge in [-0.05, 0) is 33.4 Å². The molecule has 0 fully saturated rings. The van der Waals surface area contributed by atoms with E-state index in [9.17, 15) is 4.79 Å². The molecular weight excluding hydrogens is 316 g/mol. The lowest BCUT2D eigenvalue weighted by Gasteiger charge is -2.28. The van der Waals surface area contributed by atoms with Crippen molar-refractivity contribution in [3.8, 4) is 44.5 Å². The Kier molecular flexibility index (Phi) is 2.55. The summed E-state index contributed by atoms with van der Waals surface area (Å²) in [4.78, 5) is 13.5. The first-order valence-corrected chi connectivity index (χ1v) is 8.85. The molecule has 0 aromatic heterocycles. The Morgan fingerprint density at radius 2 is 0.808 bits per heavy atom. The van der Waals surface area contributed by atoms with Gasteiger partial charge in [0, 0.05) is 22.3 Å². The molecule has 2 aliphatic carbocycles. The monoisotopic (exact) mass is 330 g/mol. The van der Waals surface area contributed by atoms with E-state index < -0.39 is 0 Å². The maximum atomic E-state index is 13.5. The summed E-state index contributed by atoms with van der Waals surface area (Å²) in [5, 5.41) is 0. The number of fused-ring (bicyclic) bond motifs is 8. The molecule has 26 heavy (non-hydrogen) atoms. The summed E-state index contributed by atoms with van der Waals surface area (Å²) in [6.07, 6.45) is 0. The van der Waals surface area contributed by atoms with Gasteiger partial charge in [-0.15, -0.1) is 0 Å². The highest BCUT2D eigenvalue weighted by Gasteiger charge is 2.31. The van der Waals surface area contributed by atoms with Crippen molar-refractivity contribution in [2.75, 3.05) is 0 Å². The van der Waals surface area contributed by atoms with Crippen LogP contribution in [0.3, 0.4) is 0 Å². The van der Waals surface area contributed by atoms with Crippen LogP contribution >= 0.6 is 0 Å². The van der Waals surface area contributed by atoms with Gasteiger partial charge in [0.05, 0.1) is 0 Å². The van der Waals surface area contributed by atoms with E-state index in [1.54, 1.807) is 0 Å². The third kappa shape index (κ3) is 1.58. The maximum Gasteiger partial charge on any atom is 0.194 e. The molecule has 0 N–H and O–H groups in total. The van der Waals surface area contributed by atoms with Crippen LogP contribution in [0.1, 0.15) is 15.9 Å². The lowest BCUT2D eigenvalue weighted by molar-refractivity contribution is 0.104. The fraction of sp³-hybridized carbons (Fsp3) is 0. The molecular formula is C25H14O. The zero-order chi connectivity index (χ0) is 17.3. The summed E-state index contributed by atoms with van der Waals surface area (Å²) in [5.41, 5.74) is 11.0. The molecule has 1 heteroatoms. The van der Waals surface area contributed by atoms with Crippen molar-refractivity contribution in [2.24, 2.45) is 0 Å². The van der Waals surface area contributed by atoms with Gasteiger partial charge in [-0.2, -0.15) is 0 Å². The van der Waals surface area contributed by atoms with E-state index in [0.29, 0.717) is 0 Å². The Labute approximate surface area is 151 Å². The summed E-state index contributed by atoms with van der Waals surface area (Å²) in [6.45, 7) is 0. The topological polar surface area (TPSA) is 17.1 Å². The van der Waals surface area contributed by atoms with Crippen molar-refractivity contribution in [3.05, 3.63) is 96.1 Å². The molecule has 0 atom stereocenters. The van der Waals surface area contributed by atoms with E-state index in [-0.39, 0.29) is 5.78 Å². The van der Waals surface area contributed by atoms with Crippen molar-refractivity contribution < 1.29 is 4.79 Å². The van der Waals surface area contributed by atoms with Crippen LogP contribution in [0.4, 0.5) is 0 Å². The first-order valence-electron chi connectivity index (χ1n) is 8.85. The fourth-order valence-corrected chi connectivity index (χ4v) is 4.40. The second-order valence-electron chi connectivity index (χ2n) is 6.88. The van der Waals surface area contributed by atoms with Crippen molar-refractivity contribution in [2.45, 2.75) is 0 Å². The number of hydrogen-bond donors (Lipinski definition) is 0. The van der Waals surface area contributed by atoms with Gasteiger partial charge in [0.2, 0.25) is 0 Å². The third-order valence-electron chi connectivity index (χ3n) is 5.59. The van der Waals surface area contributed by atoms with E-state index in [1.165, 1.54) is 33.4 Å². The van der Waals surface area contributed by atoms with E-state index >= 15 is 0 Å². The molecule has 4 aromatic rings. The number of hydrogen-bond acceptors (Lipinski definition) is 1. The van der Waals surface area contributed by atoms with Crippen LogP contribution in [-0.4, -0.2) is 5.78 Å². The number of ketones is 1. The van der Waals surface area contributed by atoms with E-state index in [4.69, 9.17) is 0 Å². The highest BCUT2D eigenvalue weighted by atomic mass is 16.1. The van der Waals surface area contributed by atoms with Crippen LogP contribution in [-0.2, 0) is 0 Å². The largest absolute Gasteiger partial charge is 0.289 e. The maximum absolute atomic E-state index is 13.5. The molecule has 0 aliphatic heterocycles. The minimum Gasteiger partial charge on any atom is -0.289 e. The van der Waals surface area contributed by atoms with Crippen LogP contribution in [0.2, 0.25) is 0 Å². The number of rotatable bonds is 2. The first-order chi connectivity index (χ1) is 12.8. The molecule has 4 aromatic carbocycles. The van der Waals surface area contributed by atoms with Crippen molar-refractivity contribution >= 4 is 5.78 Å². The summed E-state index contributed by atoms with van der Waals surface area (Å²) in [5.74, 6) is 0.114. The third-order valence-corrected chi connectivity index (χ3v) is 5.59. The Hall–Kier alpha value is -3.45. The average Bonchev–Trinajstić information content (AvgIpc) is 2.68. The van der Waals surface area contributed by atoms with Crippen LogP contribution in [0.15, 0.2) is 84.9 Å². The zero-order valence-corrected chi connectivity index (χ0v) is 14.0. The minimum atomic E-state index is 0.114. The molecule has 0 amide bonds. The predicted molar refractivity (Wildman–Crippen MR) is 105 cm³/mol. The van der Waals surface area contributed by atoms with Gasteiger partial charge < -0.3 is 0 Å². The predicted octanol–water partition coefficient (Wildman–Crippen LogP) is 6.21. The van der Waals surface area contributed by atoms with Crippen LogP contribution in [0.5, 0.6) is 0 Å². The van der Waals surface area contributed by atoms with Crippen molar-refractivity contribution in [3.63, 3.8) is 0 Å². The molecule has 0 heterocycles. The quantitative estimate of drug-likeness (QED) is 0.345. The van der Waals surface area contributed by atoms with Gasteiger partial charge in [-0.3, -0.25) is 4.79 Å². The molecule has 1 nitrogen and oxygen atoms in total.